The molecule has 0 atom stereocenters. The molecular weight excluding hydrogens is 1280 g/mol. The fraction of sp³-hybridized carbons (Fsp3) is 0.0938. The fourth-order valence-electron chi connectivity index (χ4n) is 9.87. The van der Waals surface area contributed by atoms with Gasteiger partial charge >= 0.3 is 5.69 Å². The zero-order valence-corrected chi connectivity index (χ0v) is 53.0. The highest BCUT2D eigenvalue weighted by Crippen LogP contribution is 2.35. The number of hydrogen-bond donors (Lipinski definition) is 9. The van der Waals surface area contributed by atoms with Crippen LogP contribution in [0.2, 0.25) is 0 Å². The Labute approximate surface area is 542 Å². The molecule has 0 bridgehead atoms. The monoisotopic (exact) mass is 1340 g/mol. The summed E-state index contributed by atoms with van der Waals surface area (Å²) in [7, 11) is -11.2. The number of aromatic nitrogens is 9. The number of nitrogens with zero attached hydrogens (tertiary/aromatic N) is 10. The highest BCUT2D eigenvalue weighted by Gasteiger charge is 2.21. The molecule has 0 amide bonds. The third kappa shape index (κ3) is 15.4. The summed E-state index contributed by atoms with van der Waals surface area (Å²) in [6.45, 7) is 10.5. The predicted molar refractivity (Wildman–Crippen MR) is 356 cm³/mol. The van der Waals surface area contributed by atoms with E-state index in [1.807, 2.05) is 30.5 Å². The Hall–Kier alpha value is -11.5. The van der Waals surface area contributed by atoms with E-state index in [-0.39, 0.29) is 20.4 Å². The quantitative estimate of drug-likeness (QED) is 0.0219. The van der Waals surface area contributed by atoms with Gasteiger partial charge in [0.2, 0.25) is 30.1 Å². The van der Waals surface area contributed by atoms with Gasteiger partial charge in [-0.15, -0.1) is 0 Å². The standard InChI is InChI=1S/C24H23N5O3S.C20H18FN5O3S.C20H18N6O5S/c1-3-4-16(2)22-14-27-24-23(26-13-17-5-11-20(12-6-17)33(25,31)32)28-21(15-29(22)24)18-7-9-19(30)10-8-18;1-12-11-26-17(14-4-7-18(27)16(21)8-14)10-24-20(26)19(25-12)23-9-13-2-5-15(6-3-13)30(22,28)29;1-12-18(14-4-7-17(27)16(10-14)26(28)29)25-9-8-22-19(20(25)24-12)23-11-13-2-5-15(6-3-13)32(21,30)31/h3-12,14-15,30H,1,13H2,2H3,(H,26,28)(H2,25,31,32);2-8,10-11,27H,9H2,1H3,(H,23,25)(H2,22,28,29);2-10,27H,11H2,1H3,(H,22,23)(H2,21,30,31)/b16-4+;;. The highest BCUT2D eigenvalue weighted by molar-refractivity contribution is 7.89. The molecule has 6 aromatic heterocycles. The minimum atomic E-state index is -3.76. The number of nitro benzene ring substituents is 1. The molecule has 31 heteroatoms. The molecule has 0 saturated carbocycles. The number of nitrogens with one attached hydrogen (secondary N) is 3. The van der Waals surface area contributed by atoms with Gasteiger partial charge in [0.1, 0.15) is 5.75 Å². The topological polar surface area (TPSA) is 411 Å². The lowest BCUT2D eigenvalue weighted by atomic mass is 10.1. The van der Waals surface area contributed by atoms with Gasteiger partial charge in [-0.05, 0) is 134 Å². The van der Waals surface area contributed by atoms with Crippen LogP contribution in [0.3, 0.4) is 0 Å². The lowest BCUT2D eigenvalue weighted by Crippen LogP contribution is -2.12. The van der Waals surface area contributed by atoms with Crippen molar-refractivity contribution < 1.29 is 49.9 Å². The van der Waals surface area contributed by atoms with Gasteiger partial charge < -0.3 is 31.3 Å². The van der Waals surface area contributed by atoms with E-state index in [1.54, 1.807) is 126 Å². The summed E-state index contributed by atoms with van der Waals surface area (Å²) in [6.07, 6.45) is 14.0. The summed E-state index contributed by atoms with van der Waals surface area (Å²) in [5, 5.41) is 65.1. The number of anilines is 3. The lowest BCUT2D eigenvalue weighted by molar-refractivity contribution is -0.385. The number of primary sulfonamides is 3. The van der Waals surface area contributed by atoms with Crippen molar-refractivity contribution in [2.45, 2.75) is 55.1 Å². The number of nitro groups is 1. The molecule has 0 saturated heterocycles. The molecule has 6 heterocycles. The van der Waals surface area contributed by atoms with Gasteiger partial charge in [-0.2, -0.15) is 0 Å². The van der Waals surface area contributed by atoms with Crippen molar-refractivity contribution in [1.82, 2.24) is 43.1 Å². The smallest absolute Gasteiger partial charge is 0.311 e. The third-order valence-electron chi connectivity index (χ3n) is 14.6. The van der Waals surface area contributed by atoms with Crippen molar-refractivity contribution in [2.75, 3.05) is 16.0 Å². The number of phenols is 3. The number of imidazole rings is 3. The third-order valence-corrected chi connectivity index (χ3v) is 17.4. The number of allylic oxidation sites excluding steroid dienone is 3. The Balaban J connectivity index is 0.000000155. The number of rotatable bonds is 18. The second-order valence-electron chi connectivity index (χ2n) is 21.3. The fourth-order valence-corrected chi connectivity index (χ4v) is 11.4. The first-order chi connectivity index (χ1) is 45.1. The second kappa shape index (κ2) is 27.4. The van der Waals surface area contributed by atoms with Crippen LogP contribution in [0.25, 0.3) is 56.3 Å². The largest absolute Gasteiger partial charge is 0.508 e. The molecule has 486 valence electrons. The molecule has 12 N–H and O–H groups in total. The SMILES string of the molecule is C=C/C=C(\C)c1cnc2c(NCc3ccc(S(N)(=O)=O)cc3)nc(-c3ccc(O)cc3)cn12.Cc1cn2c(-c3ccc(O)c(F)c3)cnc2c(NCc2ccc(S(N)(=O)=O)cc2)n1.Cc1nc2c(NCc3ccc(S(N)(=O)=O)cc3)nccn2c1-c1ccc(O)c([N+](=O)[O-])c1. The molecule has 0 aliphatic carbocycles. The Bertz CT molecular complexity index is 5300. The summed E-state index contributed by atoms with van der Waals surface area (Å²) in [5.74, 6) is 0.197. The van der Waals surface area contributed by atoms with Crippen molar-refractivity contribution in [3.63, 3.8) is 0 Å². The van der Waals surface area contributed by atoms with Crippen LogP contribution in [-0.2, 0) is 49.7 Å². The zero-order valence-electron chi connectivity index (χ0n) is 50.6. The van der Waals surface area contributed by atoms with E-state index >= 15 is 0 Å². The van der Waals surface area contributed by atoms with Gasteiger partial charge in [0.05, 0.1) is 66.2 Å². The molecule has 27 nitrogen and oxygen atoms in total. The first kappa shape index (κ1) is 66.4. The van der Waals surface area contributed by atoms with Crippen molar-refractivity contribution >= 4 is 75.7 Å². The van der Waals surface area contributed by atoms with Gasteiger partial charge in [-0.25, -0.2) is 75.0 Å². The molecular formula is C64H59FN16O11S3. The number of fused-ring (bicyclic) bond motifs is 3. The molecule has 0 unspecified atom stereocenters. The van der Waals surface area contributed by atoms with Crippen LogP contribution in [-0.4, -0.2) is 88.6 Å². The first-order valence-corrected chi connectivity index (χ1v) is 33.0. The van der Waals surface area contributed by atoms with Crippen LogP contribution < -0.4 is 31.4 Å². The molecule has 95 heavy (non-hydrogen) atoms. The maximum atomic E-state index is 13.8. The van der Waals surface area contributed by atoms with Crippen LogP contribution >= 0.6 is 0 Å². The Kier molecular flexibility index (Phi) is 19.1. The summed E-state index contributed by atoms with van der Waals surface area (Å²) < 4.78 is 87.8. The van der Waals surface area contributed by atoms with Gasteiger partial charge in [0.25, 0.3) is 0 Å². The minimum Gasteiger partial charge on any atom is -0.508 e. The summed E-state index contributed by atoms with van der Waals surface area (Å²) >= 11 is 0. The average Bonchev–Trinajstić information content (AvgIpc) is 1.67. The first-order valence-electron chi connectivity index (χ1n) is 28.3. The lowest BCUT2D eigenvalue weighted by Gasteiger charge is -2.12. The normalized spacial score (nSPS) is 11.8. The molecule has 0 spiro atoms. The number of phenolic OH excluding ortho intramolecular Hbond substituents is 3. The second-order valence-corrected chi connectivity index (χ2v) is 26.0. The number of aromatic hydroxyl groups is 3. The molecule has 0 aliphatic heterocycles. The number of aryl methyl sites for hydroxylation is 2. The van der Waals surface area contributed by atoms with Crippen LogP contribution in [0, 0.1) is 29.8 Å². The van der Waals surface area contributed by atoms with Crippen molar-refractivity contribution in [3.05, 3.63) is 239 Å². The molecule has 12 aromatic rings. The van der Waals surface area contributed by atoms with Crippen LogP contribution in [0.4, 0.5) is 27.5 Å². The molecule has 12 rings (SSSR count). The summed E-state index contributed by atoms with van der Waals surface area (Å²) in [4.78, 5) is 37.8. The Morgan fingerprint density at radius 1 is 0.600 bits per heavy atom. The molecule has 6 aromatic carbocycles. The number of nitrogens with two attached hydrogens (primary N) is 3. The molecule has 0 fully saturated rings. The van der Waals surface area contributed by atoms with Crippen LogP contribution in [0.15, 0.2) is 204 Å². The number of sulfonamides is 3. The highest BCUT2D eigenvalue weighted by atomic mass is 32.2. The number of benzene rings is 6. The maximum Gasteiger partial charge on any atom is 0.311 e. The van der Waals surface area contributed by atoms with E-state index in [1.165, 1.54) is 60.7 Å². The van der Waals surface area contributed by atoms with E-state index in [0.717, 1.165) is 33.5 Å². The van der Waals surface area contributed by atoms with Crippen LogP contribution in [0.1, 0.15) is 40.7 Å². The van der Waals surface area contributed by atoms with Gasteiger partial charge in [0.15, 0.2) is 51.7 Å². The number of hydrogen-bond acceptors (Lipinski definition) is 20. The Morgan fingerprint density at radius 3 is 1.64 bits per heavy atom. The minimum absolute atomic E-state index is 0.0259. The van der Waals surface area contributed by atoms with Crippen molar-refractivity contribution in [2.24, 2.45) is 15.4 Å². The van der Waals surface area contributed by atoms with E-state index in [2.05, 4.69) is 47.4 Å². The van der Waals surface area contributed by atoms with E-state index in [0.29, 0.717) is 93.6 Å². The Morgan fingerprint density at radius 2 is 1.11 bits per heavy atom. The number of halogens is 1. The summed E-state index contributed by atoms with van der Waals surface area (Å²) in [6, 6.07) is 33.8. The summed E-state index contributed by atoms with van der Waals surface area (Å²) in [5.41, 5.74) is 10.9. The predicted octanol–water partition coefficient (Wildman–Crippen LogP) is 9.34. The van der Waals surface area contributed by atoms with E-state index < -0.39 is 58.0 Å². The molecule has 0 aliphatic rings. The van der Waals surface area contributed by atoms with E-state index in [9.17, 15) is 55.1 Å². The maximum absolute atomic E-state index is 13.8. The van der Waals surface area contributed by atoms with Crippen molar-refractivity contribution in [3.8, 4) is 51.0 Å². The van der Waals surface area contributed by atoms with Gasteiger partial charge in [-0.1, -0.05) is 55.1 Å². The van der Waals surface area contributed by atoms with Crippen LogP contribution in [0.5, 0.6) is 17.2 Å². The zero-order chi connectivity index (χ0) is 68.1. The van der Waals surface area contributed by atoms with E-state index in [4.69, 9.17) is 20.4 Å². The van der Waals surface area contributed by atoms with Gasteiger partial charge in [-0.3, -0.25) is 23.3 Å². The van der Waals surface area contributed by atoms with Crippen molar-refractivity contribution in [1.29, 1.82) is 0 Å². The van der Waals surface area contributed by atoms with Gasteiger partial charge in [0, 0.05) is 67.2 Å². The average molecular weight is 1340 g/mol. The molecule has 0 radical (unpaired) electrons.